The van der Waals surface area contributed by atoms with E-state index < -0.39 is 0 Å². The van der Waals surface area contributed by atoms with E-state index in [-0.39, 0.29) is 0 Å². The summed E-state index contributed by atoms with van der Waals surface area (Å²) in [4.78, 5) is 0. The van der Waals surface area contributed by atoms with Crippen LogP contribution in [0.2, 0.25) is 0 Å². The molecule has 0 amide bonds. The van der Waals surface area contributed by atoms with Gasteiger partial charge in [0.05, 0.1) is 0 Å². The quantitative estimate of drug-likeness (QED) is 0.355. The highest BCUT2D eigenvalue weighted by Crippen LogP contribution is 2.32. The molecule has 1 aliphatic carbocycles. The Morgan fingerprint density at radius 3 is 2.06 bits per heavy atom. The third-order valence-electron chi connectivity index (χ3n) is 7.71. The summed E-state index contributed by atoms with van der Waals surface area (Å²) in [6.07, 6.45) is 10.5. The summed E-state index contributed by atoms with van der Waals surface area (Å²) in [6.45, 7) is 9.08. The summed E-state index contributed by atoms with van der Waals surface area (Å²) in [5.74, 6) is 1.90. The van der Waals surface area contributed by atoms with Crippen LogP contribution in [0.25, 0.3) is 11.1 Å². The molecule has 0 atom stereocenters. The first-order valence-corrected chi connectivity index (χ1v) is 12.7. The van der Waals surface area contributed by atoms with E-state index in [1.54, 1.807) is 0 Å². The highest BCUT2D eigenvalue weighted by molar-refractivity contribution is 5.67. The first kappa shape index (κ1) is 22.8. The van der Waals surface area contributed by atoms with E-state index in [1.165, 1.54) is 83.0 Å². The molecule has 0 heteroatoms. The fourth-order valence-corrected chi connectivity index (χ4v) is 5.45. The molecule has 0 saturated heterocycles. The average molecular weight is 425 g/mol. The van der Waals surface area contributed by atoms with E-state index in [2.05, 4.69) is 88.4 Å². The Kier molecular flexibility index (Phi) is 7.51. The molecule has 168 valence electrons. The Hall–Kier alpha value is -2.34. The van der Waals surface area contributed by atoms with Gasteiger partial charge in [-0.15, -0.1) is 0 Å². The van der Waals surface area contributed by atoms with Crippen LogP contribution in [0.15, 0.2) is 60.7 Å². The fraction of sp³-hybridized carbons (Fsp3) is 0.438. The maximum absolute atomic E-state index is 2.43. The van der Waals surface area contributed by atoms with E-state index in [0.717, 1.165) is 24.7 Å². The van der Waals surface area contributed by atoms with E-state index >= 15 is 0 Å². The standard InChI is InChI=1S/C32H40/c1-23-5-8-27(9-6-23)10-11-29-15-20-32(26(4)22-29)31-18-13-28(14-19-31)12-17-30-16-7-24(2)21-25(30)3/h7,13-16,18-23,27H,5-6,8-12,17H2,1-4H3. The van der Waals surface area contributed by atoms with Crippen molar-refractivity contribution >= 4 is 0 Å². The highest BCUT2D eigenvalue weighted by atomic mass is 14.2. The van der Waals surface area contributed by atoms with Gasteiger partial charge in [-0.25, -0.2) is 0 Å². The van der Waals surface area contributed by atoms with Crippen molar-refractivity contribution in [3.8, 4) is 11.1 Å². The zero-order valence-electron chi connectivity index (χ0n) is 20.6. The van der Waals surface area contributed by atoms with Gasteiger partial charge >= 0.3 is 0 Å². The lowest BCUT2D eigenvalue weighted by molar-refractivity contribution is 0.278. The molecule has 0 heterocycles. The van der Waals surface area contributed by atoms with E-state index in [0.29, 0.717) is 0 Å². The minimum absolute atomic E-state index is 0.947. The van der Waals surface area contributed by atoms with Crippen molar-refractivity contribution < 1.29 is 0 Å². The summed E-state index contributed by atoms with van der Waals surface area (Å²) in [5, 5.41) is 0. The summed E-state index contributed by atoms with van der Waals surface area (Å²) in [5.41, 5.74) is 11.3. The van der Waals surface area contributed by atoms with Crippen molar-refractivity contribution in [3.63, 3.8) is 0 Å². The molecular weight excluding hydrogens is 384 g/mol. The van der Waals surface area contributed by atoms with Gasteiger partial charge in [-0.05, 0) is 97.2 Å². The molecule has 0 bridgehead atoms. The molecule has 1 aliphatic rings. The van der Waals surface area contributed by atoms with E-state index in [1.807, 2.05) is 0 Å². The van der Waals surface area contributed by atoms with Crippen molar-refractivity contribution in [2.24, 2.45) is 11.8 Å². The number of hydrogen-bond donors (Lipinski definition) is 0. The van der Waals surface area contributed by atoms with Crippen LogP contribution in [0.5, 0.6) is 0 Å². The van der Waals surface area contributed by atoms with Crippen LogP contribution in [0.3, 0.4) is 0 Å². The van der Waals surface area contributed by atoms with Crippen molar-refractivity contribution in [1.82, 2.24) is 0 Å². The maximum atomic E-state index is 2.43. The maximum Gasteiger partial charge on any atom is -0.0155 e. The molecule has 0 N–H and O–H groups in total. The second-order valence-electron chi connectivity index (χ2n) is 10.4. The lowest BCUT2D eigenvalue weighted by Crippen LogP contribution is -2.12. The lowest BCUT2D eigenvalue weighted by Gasteiger charge is -2.26. The molecule has 0 spiro atoms. The van der Waals surface area contributed by atoms with Gasteiger partial charge in [-0.2, -0.15) is 0 Å². The van der Waals surface area contributed by atoms with Crippen LogP contribution in [0, 0.1) is 32.6 Å². The van der Waals surface area contributed by atoms with Gasteiger partial charge in [0.2, 0.25) is 0 Å². The topological polar surface area (TPSA) is 0 Å². The third kappa shape index (κ3) is 5.91. The Morgan fingerprint density at radius 2 is 1.38 bits per heavy atom. The van der Waals surface area contributed by atoms with Crippen LogP contribution in [-0.2, 0) is 19.3 Å². The molecule has 3 aromatic carbocycles. The Bertz CT molecular complexity index is 1020. The Balaban J connectivity index is 1.35. The smallest absolute Gasteiger partial charge is 0.0155 e. The largest absolute Gasteiger partial charge is 0.0625 e. The highest BCUT2D eigenvalue weighted by Gasteiger charge is 2.18. The normalized spacial score (nSPS) is 18.6. The van der Waals surface area contributed by atoms with Gasteiger partial charge < -0.3 is 0 Å². The first-order valence-electron chi connectivity index (χ1n) is 12.7. The van der Waals surface area contributed by atoms with Gasteiger partial charge in [0.1, 0.15) is 0 Å². The van der Waals surface area contributed by atoms with Gasteiger partial charge in [0.25, 0.3) is 0 Å². The Morgan fingerprint density at radius 1 is 0.656 bits per heavy atom. The van der Waals surface area contributed by atoms with Crippen LogP contribution in [0.4, 0.5) is 0 Å². The van der Waals surface area contributed by atoms with Crippen molar-refractivity contribution in [1.29, 1.82) is 0 Å². The lowest BCUT2D eigenvalue weighted by atomic mass is 9.80. The zero-order valence-corrected chi connectivity index (χ0v) is 20.6. The van der Waals surface area contributed by atoms with Crippen molar-refractivity contribution in [3.05, 3.63) is 94.0 Å². The molecule has 1 fully saturated rings. The minimum atomic E-state index is 0.947. The number of aryl methyl sites for hydroxylation is 6. The second kappa shape index (κ2) is 10.5. The van der Waals surface area contributed by atoms with Crippen LogP contribution < -0.4 is 0 Å². The SMILES string of the molecule is Cc1ccc(CCc2ccc(-c3ccc(CCC4CCC(C)CC4)cc3C)cc2)c(C)c1. The van der Waals surface area contributed by atoms with Crippen LogP contribution >= 0.6 is 0 Å². The second-order valence-corrected chi connectivity index (χ2v) is 10.4. The van der Waals surface area contributed by atoms with Gasteiger partial charge in [0, 0.05) is 0 Å². The number of benzene rings is 3. The fourth-order valence-electron chi connectivity index (χ4n) is 5.45. The molecule has 0 radical (unpaired) electrons. The molecular formula is C32H40. The van der Waals surface area contributed by atoms with Crippen LogP contribution in [-0.4, -0.2) is 0 Å². The first-order chi connectivity index (χ1) is 15.5. The van der Waals surface area contributed by atoms with Crippen LogP contribution in [0.1, 0.15) is 72.4 Å². The van der Waals surface area contributed by atoms with Crippen molar-refractivity contribution in [2.75, 3.05) is 0 Å². The van der Waals surface area contributed by atoms with E-state index in [4.69, 9.17) is 0 Å². The molecule has 0 unspecified atom stereocenters. The minimum Gasteiger partial charge on any atom is -0.0625 e. The summed E-state index contributed by atoms with van der Waals surface area (Å²) < 4.78 is 0. The Labute approximate surface area is 196 Å². The molecule has 1 saturated carbocycles. The van der Waals surface area contributed by atoms with Gasteiger partial charge in [-0.1, -0.05) is 98.8 Å². The predicted molar refractivity (Wildman–Crippen MR) is 139 cm³/mol. The zero-order chi connectivity index (χ0) is 22.5. The number of rotatable bonds is 7. The summed E-state index contributed by atoms with van der Waals surface area (Å²) >= 11 is 0. The molecule has 4 rings (SSSR count). The van der Waals surface area contributed by atoms with Crippen molar-refractivity contribution in [2.45, 2.75) is 79.1 Å². The summed E-state index contributed by atoms with van der Waals surface area (Å²) in [7, 11) is 0. The van der Waals surface area contributed by atoms with E-state index in [9.17, 15) is 0 Å². The predicted octanol–water partition coefficient (Wildman–Crippen LogP) is 8.82. The molecule has 0 aromatic heterocycles. The summed E-state index contributed by atoms with van der Waals surface area (Å²) in [6, 6.07) is 23.2. The number of hydrogen-bond acceptors (Lipinski definition) is 0. The average Bonchev–Trinajstić information content (AvgIpc) is 2.79. The molecule has 32 heavy (non-hydrogen) atoms. The molecule has 0 nitrogen and oxygen atoms in total. The molecule has 0 aliphatic heterocycles. The van der Waals surface area contributed by atoms with Gasteiger partial charge in [0.15, 0.2) is 0 Å². The molecule has 3 aromatic rings. The monoisotopic (exact) mass is 424 g/mol. The third-order valence-corrected chi connectivity index (χ3v) is 7.71. The van der Waals surface area contributed by atoms with Gasteiger partial charge in [-0.3, -0.25) is 0 Å².